The van der Waals surface area contributed by atoms with E-state index in [1.165, 1.54) is 0 Å². The number of pyridine rings is 1. The number of Topliss-reactive ketones (excluding diaryl/α,β-unsaturated/α-hetero) is 1. The molecule has 0 saturated carbocycles. The summed E-state index contributed by atoms with van der Waals surface area (Å²) in [6.45, 7) is -0.143. The Hall–Kier alpha value is -2.82. The Morgan fingerprint density at radius 1 is 1.38 bits per heavy atom. The molecule has 29 heavy (non-hydrogen) atoms. The zero-order valence-corrected chi connectivity index (χ0v) is 15.8. The van der Waals surface area contributed by atoms with Crippen LogP contribution in [-0.2, 0) is 20.6 Å². The molecule has 0 saturated heterocycles. The monoisotopic (exact) mass is 434 g/mol. The summed E-state index contributed by atoms with van der Waals surface area (Å²) in [7, 11) is 0. The van der Waals surface area contributed by atoms with Crippen molar-refractivity contribution in [2.45, 2.75) is 25.4 Å². The number of aliphatic hydroxyl groups excluding tert-OH is 1. The lowest BCUT2D eigenvalue weighted by atomic mass is 9.97. The number of halogens is 4. The van der Waals surface area contributed by atoms with Crippen molar-refractivity contribution < 1.29 is 32.7 Å². The summed E-state index contributed by atoms with van der Waals surface area (Å²) in [4.78, 5) is 31.6. The van der Waals surface area contributed by atoms with Crippen LogP contribution in [0.2, 0.25) is 5.02 Å². The lowest BCUT2D eigenvalue weighted by Crippen LogP contribution is -2.31. The largest absolute Gasteiger partial charge is 0.512 e. The number of amides is 1. The first-order valence-electron chi connectivity index (χ1n) is 8.52. The summed E-state index contributed by atoms with van der Waals surface area (Å²) in [5, 5.41) is 18.1. The molecule has 0 fully saturated rings. The lowest BCUT2D eigenvalue weighted by molar-refractivity contribution is -0.137. The molecule has 1 heterocycles. The Kier molecular flexibility index (Phi) is 7.82. The highest BCUT2D eigenvalue weighted by molar-refractivity contribution is 6.32. The molecule has 158 valence electrons. The summed E-state index contributed by atoms with van der Waals surface area (Å²) in [6.07, 6.45) is -1.53. The molecule has 3 N–H and O–H groups in total. The van der Waals surface area contributed by atoms with Crippen molar-refractivity contribution in [3.05, 3.63) is 34.2 Å². The number of aliphatic hydroxyl groups is 1. The SMILES string of the molecule is O=C(CO/N=C\C1=C(O)CCCC1=O)NCCNc1ncc(C(F)(F)F)cc1Cl. The van der Waals surface area contributed by atoms with Crippen LogP contribution in [0.5, 0.6) is 0 Å². The van der Waals surface area contributed by atoms with E-state index < -0.39 is 24.3 Å². The van der Waals surface area contributed by atoms with Gasteiger partial charge in [-0.05, 0) is 12.5 Å². The van der Waals surface area contributed by atoms with Gasteiger partial charge in [0.2, 0.25) is 0 Å². The number of nitrogens with one attached hydrogen (secondary N) is 2. The molecule has 12 heteroatoms. The molecule has 1 aliphatic carbocycles. The van der Waals surface area contributed by atoms with Crippen LogP contribution in [0, 0.1) is 0 Å². The molecule has 0 radical (unpaired) electrons. The number of rotatable bonds is 8. The Balaban J connectivity index is 1.69. The summed E-state index contributed by atoms with van der Waals surface area (Å²) in [5.41, 5.74) is -0.889. The van der Waals surface area contributed by atoms with Crippen LogP contribution >= 0.6 is 11.6 Å². The van der Waals surface area contributed by atoms with Crippen molar-refractivity contribution in [2.75, 3.05) is 25.0 Å². The van der Waals surface area contributed by atoms with E-state index in [9.17, 15) is 27.9 Å². The van der Waals surface area contributed by atoms with Gasteiger partial charge < -0.3 is 20.6 Å². The third kappa shape index (κ3) is 6.93. The zero-order valence-electron chi connectivity index (χ0n) is 15.1. The number of hydrogen-bond donors (Lipinski definition) is 3. The van der Waals surface area contributed by atoms with Crippen molar-refractivity contribution >= 4 is 35.3 Å². The first-order valence-corrected chi connectivity index (χ1v) is 8.90. The number of nitrogens with zero attached hydrogens (tertiary/aromatic N) is 2. The van der Waals surface area contributed by atoms with E-state index in [4.69, 9.17) is 16.4 Å². The van der Waals surface area contributed by atoms with E-state index >= 15 is 0 Å². The normalized spacial score (nSPS) is 15.0. The Bertz CT molecular complexity index is 827. The van der Waals surface area contributed by atoms with E-state index in [1.54, 1.807) is 0 Å². The molecule has 0 atom stereocenters. The first kappa shape index (κ1) is 22.5. The number of carbonyl (C=O) groups is 2. The molecule has 2 rings (SSSR count). The minimum absolute atomic E-state index is 0.0556. The smallest absolute Gasteiger partial charge is 0.417 e. The molecule has 0 unspecified atom stereocenters. The summed E-state index contributed by atoms with van der Waals surface area (Å²) in [6, 6.07) is 0.756. The molecule has 1 aromatic rings. The van der Waals surface area contributed by atoms with Gasteiger partial charge in [-0.15, -0.1) is 0 Å². The third-order valence-electron chi connectivity index (χ3n) is 3.79. The topological polar surface area (TPSA) is 113 Å². The average molecular weight is 435 g/mol. The Morgan fingerprint density at radius 2 is 2.14 bits per heavy atom. The minimum atomic E-state index is -4.54. The third-order valence-corrected chi connectivity index (χ3v) is 4.08. The van der Waals surface area contributed by atoms with Crippen molar-refractivity contribution in [1.29, 1.82) is 0 Å². The molecular formula is C17H18ClF3N4O4. The standard InChI is InChI=1S/C17H18ClF3N4O4/c18-12-6-10(17(19,20)21)7-24-16(12)23-5-4-22-15(28)9-29-25-8-11-13(26)2-1-3-14(11)27/h6-8,26H,1-5,9H2,(H,22,28)(H,23,24)/b25-8-. The van der Waals surface area contributed by atoms with Gasteiger partial charge in [0.05, 0.1) is 22.4 Å². The predicted molar refractivity (Wildman–Crippen MR) is 98.7 cm³/mol. The quantitative estimate of drug-likeness (QED) is 0.329. The second kappa shape index (κ2) is 10.1. The molecule has 0 bridgehead atoms. The number of allylic oxidation sites excluding steroid dienone is 2. The number of hydrogen-bond acceptors (Lipinski definition) is 7. The fraction of sp³-hybridized carbons (Fsp3) is 0.412. The van der Waals surface area contributed by atoms with Gasteiger partial charge in [0.1, 0.15) is 11.6 Å². The van der Waals surface area contributed by atoms with Crippen molar-refractivity contribution in [3.8, 4) is 0 Å². The Labute approximate surface area is 168 Å². The second-order valence-electron chi connectivity index (χ2n) is 5.97. The number of ketones is 1. The summed E-state index contributed by atoms with van der Waals surface area (Å²) in [5.74, 6) is -0.754. The van der Waals surface area contributed by atoms with Crippen LogP contribution in [0.4, 0.5) is 19.0 Å². The Morgan fingerprint density at radius 3 is 2.79 bits per heavy atom. The van der Waals surface area contributed by atoms with Crippen LogP contribution in [0.25, 0.3) is 0 Å². The highest BCUT2D eigenvalue weighted by atomic mass is 35.5. The molecule has 0 aromatic carbocycles. The van der Waals surface area contributed by atoms with Gasteiger partial charge >= 0.3 is 6.18 Å². The summed E-state index contributed by atoms with van der Waals surface area (Å²) >= 11 is 5.75. The lowest BCUT2D eigenvalue weighted by Gasteiger charge is -2.11. The molecule has 1 aliphatic rings. The van der Waals surface area contributed by atoms with Crippen LogP contribution in [0.15, 0.2) is 28.8 Å². The van der Waals surface area contributed by atoms with Crippen LogP contribution in [-0.4, -0.2) is 47.7 Å². The molecule has 0 aliphatic heterocycles. The number of oxime groups is 1. The molecule has 1 amide bonds. The maximum absolute atomic E-state index is 12.5. The molecular weight excluding hydrogens is 417 g/mol. The maximum atomic E-state index is 12.5. The second-order valence-corrected chi connectivity index (χ2v) is 6.38. The van der Waals surface area contributed by atoms with Gasteiger partial charge in [0.15, 0.2) is 12.4 Å². The van der Waals surface area contributed by atoms with Gasteiger partial charge in [0.25, 0.3) is 5.91 Å². The van der Waals surface area contributed by atoms with Gasteiger partial charge in [-0.25, -0.2) is 4.98 Å². The molecule has 8 nitrogen and oxygen atoms in total. The highest BCUT2D eigenvalue weighted by Gasteiger charge is 2.31. The predicted octanol–water partition coefficient (Wildman–Crippen LogP) is 2.85. The van der Waals surface area contributed by atoms with Crippen molar-refractivity contribution in [1.82, 2.24) is 10.3 Å². The van der Waals surface area contributed by atoms with E-state index in [-0.39, 0.29) is 41.0 Å². The number of alkyl halides is 3. The van der Waals surface area contributed by atoms with Crippen LogP contribution in [0.1, 0.15) is 24.8 Å². The first-order chi connectivity index (χ1) is 13.7. The summed E-state index contributed by atoms with van der Waals surface area (Å²) < 4.78 is 37.6. The minimum Gasteiger partial charge on any atom is -0.512 e. The van der Waals surface area contributed by atoms with E-state index in [2.05, 4.69) is 20.8 Å². The van der Waals surface area contributed by atoms with E-state index in [1.807, 2.05) is 0 Å². The number of anilines is 1. The molecule has 0 spiro atoms. The highest BCUT2D eigenvalue weighted by Crippen LogP contribution is 2.32. The average Bonchev–Trinajstić information content (AvgIpc) is 2.64. The number of carbonyl (C=O) groups excluding carboxylic acids is 2. The van der Waals surface area contributed by atoms with Gasteiger partial charge in [0, 0.05) is 32.1 Å². The number of aromatic nitrogens is 1. The fourth-order valence-electron chi connectivity index (χ4n) is 2.34. The van der Waals surface area contributed by atoms with Crippen molar-refractivity contribution in [2.24, 2.45) is 5.16 Å². The van der Waals surface area contributed by atoms with Gasteiger partial charge in [-0.3, -0.25) is 9.59 Å². The van der Waals surface area contributed by atoms with Gasteiger partial charge in [-0.2, -0.15) is 13.2 Å². The van der Waals surface area contributed by atoms with Crippen LogP contribution in [0.3, 0.4) is 0 Å². The maximum Gasteiger partial charge on any atom is 0.417 e. The fourth-order valence-corrected chi connectivity index (χ4v) is 2.57. The van der Waals surface area contributed by atoms with Gasteiger partial charge in [-0.1, -0.05) is 16.8 Å². The molecule has 1 aromatic heterocycles. The van der Waals surface area contributed by atoms with E-state index in [0.29, 0.717) is 25.5 Å². The van der Waals surface area contributed by atoms with Crippen LogP contribution < -0.4 is 10.6 Å². The van der Waals surface area contributed by atoms with Crippen molar-refractivity contribution in [3.63, 3.8) is 0 Å². The zero-order chi connectivity index (χ0) is 21.4. The van der Waals surface area contributed by atoms with E-state index in [0.717, 1.165) is 12.3 Å².